The lowest BCUT2D eigenvalue weighted by molar-refractivity contribution is -0.141. The Morgan fingerprint density at radius 3 is 2.06 bits per heavy atom. The molecule has 0 N–H and O–H groups in total. The van der Waals surface area contributed by atoms with Crippen molar-refractivity contribution >= 4 is 43.8 Å². The predicted octanol–water partition coefficient (Wildman–Crippen LogP) is 3.55. The van der Waals surface area contributed by atoms with Crippen molar-refractivity contribution in [2.24, 2.45) is 0 Å². The Bertz CT molecular complexity index is 267. The zero-order valence-electron chi connectivity index (χ0n) is 10.8. The number of esters is 2. The van der Waals surface area contributed by atoms with Crippen LogP contribution in [-0.4, -0.2) is 29.4 Å². The number of carbonyl (C=O) groups is 2. The van der Waals surface area contributed by atoms with E-state index in [1.54, 1.807) is 0 Å². The zero-order valence-corrected chi connectivity index (χ0v) is 14.0. The maximum Gasteiger partial charge on any atom is 0.333 e. The lowest BCUT2D eigenvalue weighted by Crippen LogP contribution is -2.25. The minimum atomic E-state index is -0.763. The first-order chi connectivity index (χ1) is 8.44. The molecule has 0 aromatic rings. The van der Waals surface area contributed by atoms with E-state index in [0.29, 0.717) is 12.8 Å². The molecule has 0 aromatic heterocycles. The summed E-state index contributed by atoms with van der Waals surface area (Å²) in [6, 6.07) is 0. The molecule has 0 saturated carbocycles. The highest BCUT2D eigenvalue weighted by Gasteiger charge is 2.32. The largest absolute Gasteiger partial charge is 0.469 e. The zero-order chi connectivity index (χ0) is 14.0. The first-order valence-electron chi connectivity index (χ1n) is 5.97. The summed E-state index contributed by atoms with van der Waals surface area (Å²) in [5, 5.41) is 0. The summed E-state index contributed by atoms with van der Waals surface area (Å²) in [6.45, 7) is 0. The number of hydrogen-bond acceptors (Lipinski definition) is 4. The van der Waals surface area contributed by atoms with E-state index in [-0.39, 0.29) is 11.9 Å². The van der Waals surface area contributed by atoms with Crippen LogP contribution in [-0.2, 0) is 19.1 Å². The molecule has 106 valence electrons. The summed E-state index contributed by atoms with van der Waals surface area (Å²) in [5.74, 6) is -0.464. The van der Waals surface area contributed by atoms with Gasteiger partial charge in [-0.3, -0.25) is 4.79 Å². The molecule has 0 aliphatic rings. The van der Waals surface area contributed by atoms with Crippen molar-refractivity contribution in [3.05, 3.63) is 0 Å². The first-order valence-corrected chi connectivity index (χ1v) is 7.55. The van der Waals surface area contributed by atoms with Crippen LogP contribution in [0.1, 0.15) is 44.9 Å². The van der Waals surface area contributed by atoms with Crippen molar-refractivity contribution < 1.29 is 19.1 Å². The fourth-order valence-corrected chi connectivity index (χ4v) is 2.38. The third-order valence-corrected chi connectivity index (χ3v) is 4.02. The summed E-state index contributed by atoms with van der Waals surface area (Å²) < 4.78 is 8.46. The second kappa shape index (κ2) is 9.78. The fraction of sp³-hybridized carbons (Fsp3) is 0.833. The summed E-state index contributed by atoms with van der Waals surface area (Å²) in [7, 11) is 2.77. The molecule has 0 bridgehead atoms. The van der Waals surface area contributed by atoms with Crippen molar-refractivity contribution in [2.45, 2.75) is 48.2 Å². The Balaban J connectivity index is 3.51. The minimum absolute atomic E-state index is 0.152. The maximum atomic E-state index is 11.3. The molecule has 0 atom stereocenters. The molecule has 0 saturated heterocycles. The summed E-state index contributed by atoms with van der Waals surface area (Å²) >= 11 is 6.60. The van der Waals surface area contributed by atoms with E-state index in [9.17, 15) is 9.59 Å². The van der Waals surface area contributed by atoms with Crippen LogP contribution in [0.5, 0.6) is 0 Å². The van der Waals surface area contributed by atoms with Gasteiger partial charge in [0.05, 0.1) is 14.2 Å². The van der Waals surface area contributed by atoms with E-state index in [1.807, 2.05) is 0 Å². The molecule has 0 amide bonds. The average molecular weight is 388 g/mol. The quantitative estimate of drug-likeness (QED) is 0.345. The predicted molar refractivity (Wildman–Crippen MR) is 76.9 cm³/mol. The number of methoxy groups -OCH3 is 2. The number of halogens is 2. The van der Waals surface area contributed by atoms with Gasteiger partial charge in [-0.2, -0.15) is 0 Å². The van der Waals surface area contributed by atoms with Gasteiger partial charge >= 0.3 is 11.9 Å². The van der Waals surface area contributed by atoms with Gasteiger partial charge in [0.25, 0.3) is 0 Å². The van der Waals surface area contributed by atoms with Gasteiger partial charge in [0.1, 0.15) is 0 Å². The molecular weight excluding hydrogens is 368 g/mol. The second-order valence-corrected chi connectivity index (χ2v) is 7.81. The van der Waals surface area contributed by atoms with Gasteiger partial charge in [-0.15, -0.1) is 0 Å². The molecule has 18 heavy (non-hydrogen) atoms. The highest BCUT2D eigenvalue weighted by molar-refractivity contribution is 9.25. The third-order valence-electron chi connectivity index (χ3n) is 2.58. The van der Waals surface area contributed by atoms with Gasteiger partial charge in [-0.05, 0) is 12.8 Å². The van der Waals surface area contributed by atoms with Crippen LogP contribution in [0, 0.1) is 0 Å². The van der Waals surface area contributed by atoms with Crippen LogP contribution in [0.3, 0.4) is 0 Å². The Hall–Kier alpha value is -0.100. The molecule has 4 nitrogen and oxygen atoms in total. The number of rotatable bonds is 9. The lowest BCUT2D eigenvalue weighted by atomic mass is 10.1. The van der Waals surface area contributed by atoms with Crippen LogP contribution in [0.2, 0.25) is 0 Å². The topological polar surface area (TPSA) is 52.6 Å². The van der Waals surface area contributed by atoms with Crippen LogP contribution in [0.15, 0.2) is 0 Å². The standard InChI is InChI=1S/C12H20Br2O4/c1-17-10(15)8-6-4-3-5-7-9-12(13,14)11(16)18-2/h3-9H2,1-2H3. The van der Waals surface area contributed by atoms with Gasteiger partial charge in [0, 0.05) is 6.42 Å². The van der Waals surface area contributed by atoms with Crippen molar-refractivity contribution in [2.75, 3.05) is 14.2 Å². The van der Waals surface area contributed by atoms with Crippen molar-refractivity contribution in [3.63, 3.8) is 0 Å². The molecule has 0 spiro atoms. The van der Waals surface area contributed by atoms with E-state index in [4.69, 9.17) is 0 Å². The smallest absolute Gasteiger partial charge is 0.333 e. The number of ether oxygens (including phenoxy) is 2. The molecule has 0 rings (SSSR count). The highest BCUT2D eigenvalue weighted by atomic mass is 79.9. The molecule has 6 heteroatoms. The van der Waals surface area contributed by atoms with Crippen molar-refractivity contribution in [1.29, 1.82) is 0 Å². The van der Waals surface area contributed by atoms with E-state index < -0.39 is 3.23 Å². The molecular formula is C12H20Br2O4. The molecule has 0 unspecified atom stereocenters. The summed E-state index contributed by atoms with van der Waals surface area (Å²) in [4.78, 5) is 22.2. The van der Waals surface area contributed by atoms with Gasteiger partial charge in [-0.25, -0.2) is 4.79 Å². The Labute approximate surface area is 125 Å². The SMILES string of the molecule is COC(=O)CCCCCCCC(Br)(Br)C(=O)OC. The van der Waals surface area contributed by atoms with Crippen molar-refractivity contribution in [3.8, 4) is 0 Å². The second-order valence-electron chi connectivity index (χ2n) is 4.04. The van der Waals surface area contributed by atoms with Crippen LogP contribution >= 0.6 is 31.9 Å². The van der Waals surface area contributed by atoms with Gasteiger partial charge in [0.15, 0.2) is 3.23 Å². The molecule has 0 radical (unpaired) electrons. The average Bonchev–Trinajstić information content (AvgIpc) is 2.35. The van der Waals surface area contributed by atoms with Crippen molar-refractivity contribution in [1.82, 2.24) is 0 Å². The van der Waals surface area contributed by atoms with Gasteiger partial charge in [0.2, 0.25) is 0 Å². The summed E-state index contributed by atoms with van der Waals surface area (Å²) in [5.41, 5.74) is 0. The maximum absolute atomic E-state index is 11.3. The fourth-order valence-electron chi connectivity index (χ4n) is 1.50. The van der Waals surface area contributed by atoms with Crippen LogP contribution in [0.25, 0.3) is 0 Å². The normalized spacial score (nSPS) is 11.1. The molecule has 0 aromatic carbocycles. The number of alkyl halides is 2. The molecule has 0 aliphatic carbocycles. The molecule has 0 fully saturated rings. The van der Waals surface area contributed by atoms with Crippen LogP contribution < -0.4 is 0 Å². The van der Waals surface area contributed by atoms with Crippen LogP contribution in [0.4, 0.5) is 0 Å². The number of carbonyl (C=O) groups excluding carboxylic acids is 2. The Morgan fingerprint density at radius 2 is 1.50 bits per heavy atom. The number of unbranched alkanes of at least 4 members (excludes halogenated alkanes) is 4. The highest BCUT2D eigenvalue weighted by Crippen LogP contribution is 2.33. The summed E-state index contributed by atoms with van der Waals surface area (Å²) in [6.07, 6.45) is 6.02. The van der Waals surface area contributed by atoms with Gasteiger partial charge in [-0.1, -0.05) is 57.5 Å². The number of hydrogen-bond donors (Lipinski definition) is 0. The van der Waals surface area contributed by atoms with E-state index >= 15 is 0 Å². The van der Waals surface area contributed by atoms with Gasteiger partial charge < -0.3 is 9.47 Å². The minimum Gasteiger partial charge on any atom is -0.469 e. The lowest BCUT2D eigenvalue weighted by Gasteiger charge is -2.16. The Kier molecular flexibility index (Phi) is 9.73. The Morgan fingerprint density at radius 1 is 0.944 bits per heavy atom. The van der Waals surface area contributed by atoms with E-state index in [0.717, 1.165) is 32.1 Å². The third kappa shape index (κ3) is 8.08. The van der Waals surface area contributed by atoms with E-state index in [2.05, 4.69) is 41.3 Å². The first kappa shape index (κ1) is 17.9. The molecule has 0 aliphatic heterocycles. The van der Waals surface area contributed by atoms with E-state index in [1.165, 1.54) is 14.2 Å². The molecule has 0 heterocycles. The monoisotopic (exact) mass is 386 g/mol.